The predicted molar refractivity (Wildman–Crippen MR) is 157 cm³/mol. The molecule has 1 aliphatic heterocycles. The maximum atomic E-state index is 12.1. The number of methoxy groups -OCH3 is 1. The Labute approximate surface area is 245 Å². The normalized spacial score (nSPS) is 18.0. The fourth-order valence-corrected chi connectivity index (χ4v) is 5.36. The van der Waals surface area contributed by atoms with Gasteiger partial charge in [0.05, 0.1) is 29.1 Å². The van der Waals surface area contributed by atoms with Crippen molar-refractivity contribution < 1.29 is 23.9 Å². The van der Waals surface area contributed by atoms with Crippen LogP contribution in [0.25, 0.3) is 22.6 Å². The largest absolute Gasteiger partial charge is 0.491 e. The summed E-state index contributed by atoms with van der Waals surface area (Å²) >= 11 is 6.67. The van der Waals surface area contributed by atoms with Gasteiger partial charge in [0, 0.05) is 36.3 Å². The lowest BCUT2D eigenvalue weighted by Gasteiger charge is -2.37. The van der Waals surface area contributed by atoms with Crippen LogP contribution in [0.1, 0.15) is 36.8 Å². The highest BCUT2D eigenvalue weighted by Gasteiger charge is 2.30. The molecular formula is C29H39ClN6O5. The molecule has 3 atom stereocenters. The minimum atomic E-state index is -0.644. The highest BCUT2D eigenvalue weighted by Crippen LogP contribution is 2.36. The Balaban J connectivity index is 1.70. The summed E-state index contributed by atoms with van der Waals surface area (Å²) in [5.41, 5.74) is 3.66. The quantitative estimate of drug-likeness (QED) is 0.364. The summed E-state index contributed by atoms with van der Waals surface area (Å²) in [6.07, 6.45) is 0.504. The molecule has 3 aromatic rings. The summed E-state index contributed by atoms with van der Waals surface area (Å²) in [5.74, 6) is 2.28. The number of anilines is 1. The van der Waals surface area contributed by atoms with E-state index in [9.17, 15) is 9.90 Å². The van der Waals surface area contributed by atoms with Crippen molar-refractivity contribution in [1.82, 2.24) is 24.9 Å². The van der Waals surface area contributed by atoms with Crippen molar-refractivity contribution in [3.8, 4) is 28.4 Å². The number of likely N-dealkylation sites (N-methyl/N-ethyl adjacent to an activating group) is 1. The smallest absolute Gasteiger partial charge is 0.409 e. The number of carbonyl (C=O) groups excluding carboxylic acids is 1. The van der Waals surface area contributed by atoms with Gasteiger partial charge in [0.25, 0.3) is 0 Å². The summed E-state index contributed by atoms with van der Waals surface area (Å²) < 4.78 is 16.3. The molecular weight excluding hydrogens is 548 g/mol. The van der Waals surface area contributed by atoms with Gasteiger partial charge in [-0.15, -0.1) is 0 Å². The molecule has 1 amide bonds. The third-order valence-corrected chi connectivity index (χ3v) is 7.57. The van der Waals surface area contributed by atoms with Gasteiger partial charge in [-0.25, -0.2) is 14.8 Å². The first-order valence-electron chi connectivity index (χ1n) is 13.7. The van der Waals surface area contributed by atoms with E-state index < -0.39 is 6.10 Å². The molecule has 0 saturated carbocycles. The molecule has 2 aromatic heterocycles. The number of carbonyl (C=O) groups is 1. The fraction of sp³-hybridized carbons (Fsp3) is 0.517. The molecule has 1 aliphatic rings. The second-order valence-electron chi connectivity index (χ2n) is 10.8. The van der Waals surface area contributed by atoms with E-state index in [1.165, 1.54) is 7.11 Å². The maximum absolute atomic E-state index is 12.1. The Kier molecular flexibility index (Phi) is 9.72. The first-order valence-corrected chi connectivity index (χ1v) is 14.0. The molecule has 1 aromatic carbocycles. The van der Waals surface area contributed by atoms with E-state index in [2.05, 4.69) is 10.5 Å². The fourth-order valence-electron chi connectivity index (χ4n) is 5.16. The van der Waals surface area contributed by atoms with Crippen LogP contribution in [0.4, 0.5) is 10.6 Å². The summed E-state index contributed by atoms with van der Waals surface area (Å²) in [6, 6.07) is 5.36. The van der Waals surface area contributed by atoms with Crippen molar-refractivity contribution >= 4 is 23.5 Å². The van der Waals surface area contributed by atoms with Crippen LogP contribution < -0.4 is 10.1 Å². The monoisotopic (exact) mass is 586 g/mol. The second-order valence-corrected chi connectivity index (χ2v) is 11.2. The van der Waals surface area contributed by atoms with Crippen LogP contribution in [0, 0.1) is 20.8 Å². The molecule has 0 radical (unpaired) electrons. The van der Waals surface area contributed by atoms with Crippen molar-refractivity contribution in [2.24, 2.45) is 0 Å². The zero-order chi connectivity index (χ0) is 29.8. The third-order valence-electron chi connectivity index (χ3n) is 7.24. The molecule has 41 heavy (non-hydrogen) atoms. The molecule has 0 bridgehead atoms. The van der Waals surface area contributed by atoms with Crippen molar-refractivity contribution in [3.63, 3.8) is 0 Å². The summed E-state index contributed by atoms with van der Waals surface area (Å²) in [7, 11) is 5.19. The van der Waals surface area contributed by atoms with E-state index >= 15 is 0 Å². The molecule has 12 heteroatoms. The van der Waals surface area contributed by atoms with Gasteiger partial charge in [-0.1, -0.05) is 16.8 Å². The third kappa shape index (κ3) is 7.09. The van der Waals surface area contributed by atoms with Gasteiger partial charge >= 0.3 is 6.09 Å². The van der Waals surface area contributed by atoms with Crippen molar-refractivity contribution in [2.45, 2.75) is 58.7 Å². The molecule has 0 unspecified atom stereocenters. The molecule has 222 valence electrons. The molecule has 3 heterocycles. The molecule has 0 aliphatic carbocycles. The molecule has 1 fully saturated rings. The number of aromatic nitrogens is 3. The Bertz CT molecular complexity index is 1360. The number of rotatable bonds is 9. The van der Waals surface area contributed by atoms with Gasteiger partial charge in [0.2, 0.25) is 0 Å². The Hall–Kier alpha value is -3.41. The van der Waals surface area contributed by atoms with Crippen molar-refractivity contribution in [2.75, 3.05) is 46.2 Å². The lowest BCUT2D eigenvalue weighted by molar-refractivity contribution is 0.0831. The van der Waals surface area contributed by atoms with Crippen LogP contribution >= 0.6 is 11.6 Å². The highest BCUT2D eigenvalue weighted by atomic mass is 35.5. The minimum Gasteiger partial charge on any atom is -0.491 e. The zero-order valence-electron chi connectivity index (χ0n) is 24.7. The van der Waals surface area contributed by atoms with Crippen LogP contribution in [-0.4, -0.2) is 95.2 Å². The number of aryl methyl sites for hydroxylation is 2. The molecule has 4 rings (SSSR count). The molecule has 2 N–H and O–H groups in total. The van der Waals surface area contributed by atoms with E-state index in [1.807, 2.05) is 46.7 Å². The molecule has 11 nitrogen and oxygen atoms in total. The van der Waals surface area contributed by atoms with Crippen molar-refractivity contribution in [1.29, 1.82) is 0 Å². The topological polar surface area (TPSA) is 126 Å². The molecule has 0 spiro atoms. The summed E-state index contributed by atoms with van der Waals surface area (Å²) in [4.78, 5) is 25.6. The first kappa shape index (κ1) is 30.5. The average molecular weight is 587 g/mol. The van der Waals surface area contributed by atoms with Crippen molar-refractivity contribution in [3.05, 3.63) is 40.2 Å². The number of halogens is 1. The first-order chi connectivity index (χ1) is 19.5. The Morgan fingerprint density at radius 3 is 2.68 bits per heavy atom. The predicted octanol–water partition coefficient (Wildman–Crippen LogP) is 4.71. The number of likely N-dealkylation sites (tertiary alicyclic amines) is 1. The SMILES string of the molecule is COC(=O)N1CC[C@H](Nc2nc(-c3cc(OC[C@H](O)CN(C)C)ccc3Cl)nc(-c3c(C)noc3C)c2C)C[C@@H]1C. The van der Waals surface area contributed by atoms with E-state index in [4.69, 9.17) is 35.6 Å². The number of hydrogen-bond acceptors (Lipinski definition) is 10. The van der Waals surface area contributed by atoms with Gasteiger partial charge in [-0.2, -0.15) is 0 Å². The van der Waals surface area contributed by atoms with Gasteiger partial charge in [0.1, 0.15) is 30.0 Å². The van der Waals surface area contributed by atoms with Gasteiger partial charge < -0.3 is 34.2 Å². The number of benzene rings is 1. The van der Waals surface area contributed by atoms with Gasteiger partial charge in [0.15, 0.2) is 5.82 Å². The van der Waals surface area contributed by atoms with E-state index in [1.54, 1.807) is 23.1 Å². The number of hydrogen-bond donors (Lipinski definition) is 2. The Morgan fingerprint density at radius 1 is 1.29 bits per heavy atom. The minimum absolute atomic E-state index is 0.00321. The van der Waals surface area contributed by atoms with Crippen LogP contribution in [0.2, 0.25) is 5.02 Å². The number of ether oxygens (including phenoxy) is 2. The van der Waals surface area contributed by atoms with Crippen LogP contribution in [0.15, 0.2) is 22.7 Å². The van der Waals surface area contributed by atoms with E-state index in [-0.39, 0.29) is 24.8 Å². The summed E-state index contributed by atoms with van der Waals surface area (Å²) in [6.45, 7) is 8.90. The van der Waals surface area contributed by atoms with Crippen LogP contribution in [0.3, 0.4) is 0 Å². The zero-order valence-corrected chi connectivity index (χ0v) is 25.4. The number of aliphatic hydroxyl groups is 1. The number of nitrogens with zero attached hydrogens (tertiary/aromatic N) is 5. The average Bonchev–Trinajstić information content (AvgIpc) is 3.26. The standard InChI is InChI=1S/C29H39ClN6O5/c1-16-12-20(10-11-36(16)29(38)39-7)31-27-17(2)26(25-18(3)34-41-19(25)4)32-28(33-27)23-13-22(8-9-24(23)30)40-15-21(37)14-35(5)6/h8-9,13,16,20-21,37H,10-12,14-15H2,1-7H3,(H,31,32,33)/t16-,20-,21+/m0/s1. The molecule has 1 saturated heterocycles. The lowest BCUT2D eigenvalue weighted by Crippen LogP contribution is -2.48. The van der Waals surface area contributed by atoms with E-state index in [0.29, 0.717) is 52.5 Å². The van der Waals surface area contributed by atoms with E-state index in [0.717, 1.165) is 29.7 Å². The van der Waals surface area contributed by atoms with Crippen LogP contribution in [0.5, 0.6) is 5.75 Å². The second kappa shape index (κ2) is 13.1. The maximum Gasteiger partial charge on any atom is 0.409 e. The number of piperidine rings is 1. The van der Waals surface area contributed by atoms with Crippen LogP contribution in [-0.2, 0) is 4.74 Å². The number of nitrogens with one attached hydrogen (secondary N) is 1. The van der Waals surface area contributed by atoms with Gasteiger partial charge in [-0.05, 0) is 72.8 Å². The van der Waals surface area contributed by atoms with Gasteiger partial charge in [-0.3, -0.25) is 0 Å². The number of aliphatic hydroxyl groups excluding tert-OH is 1. The lowest BCUT2D eigenvalue weighted by atomic mass is 9.98. The number of amides is 1. The summed E-state index contributed by atoms with van der Waals surface area (Å²) in [5, 5.41) is 18.5. The highest BCUT2D eigenvalue weighted by molar-refractivity contribution is 6.33. The Morgan fingerprint density at radius 2 is 2.05 bits per heavy atom.